The van der Waals surface area contributed by atoms with E-state index in [1.54, 1.807) is 17.5 Å². The van der Waals surface area contributed by atoms with Crippen LogP contribution in [0.1, 0.15) is 0 Å². The van der Waals surface area contributed by atoms with Crippen molar-refractivity contribution in [3.8, 4) is 9.75 Å². The first-order valence-corrected chi connectivity index (χ1v) is 5.71. The van der Waals surface area contributed by atoms with Crippen LogP contribution in [0.15, 0.2) is 22.1 Å². The summed E-state index contributed by atoms with van der Waals surface area (Å²) in [4.78, 5) is 6.31. The minimum Gasteiger partial charge on any atom is -0.375 e. The highest BCUT2D eigenvalue weighted by Crippen LogP contribution is 2.37. The van der Waals surface area contributed by atoms with Gasteiger partial charge in [-0.1, -0.05) is 11.3 Å². The first-order valence-electron chi connectivity index (χ1n) is 3.22. The molecular weight excluding hydrogens is 256 g/mol. The zero-order chi connectivity index (χ0) is 8.55. The van der Waals surface area contributed by atoms with Crippen LogP contribution in [-0.2, 0) is 0 Å². The average molecular weight is 261 g/mol. The lowest BCUT2D eigenvalue weighted by molar-refractivity contribution is 1.43. The molecule has 0 aliphatic rings. The molecule has 12 heavy (non-hydrogen) atoms. The zero-order valence-electron chi connectivity index (χ0n) is 5.95. The van der Waals surface area contributed by atoms with Crippen molar-refractivity contribution in [2.45, 2.75) is 0 Å². The van der Waals surface area contributed by atoms with E-state index in [9.17, 15) is 0 Å². The number of nitrogens with zero attached hydrogens (tertiary/aromatic N) is 1. The van der Waals surface area contributed by atoms with E-state index in [0.29, 0.717) is 5.13 Å². The molecule has 2 rings (SSSR count). The summed E-state index contributed by atoms with van der Waals surface area (Å²) in [6.07, 6.45) is 1.80. The van der Waals surface area contributed by atoms with Crippen LogP contribution in [0.4, 0.5) is 5.13 Å². The van der Waals surface area contributed by atoms with Gasteiger partial charge < -0.3 is 5.73 Å². The monoisotopic (exact) mass is 260 g/mol. The second kappa shape index (κ2) is 3.16. The van der Waals surface area contributed by atoms with Gasteiger partial charge in [-0.25, -0.2) is 4.98 Å². The van der Waals surface area contributed by atoms with Crippen LogP contribution in [-0.4, -0.2) is 4.98 Å². The summed E-state index contributed by atoms with van der Waals surface area (Å²) < 4.78 is 1.11. The van der Waals surface area contributed by atoms with Crippen molar-refractivity contribution in [2.24, 2.45) is 0 Å². The lowest BCUT2D eigenvalue weighted by Gasteiger charge is -1.89. The fourth-order valence-corrected chi connectivity index (χ4v) is 3.39. The number of nitrogens with two attached hydrogens (primary N) is 1. The van der Waals surface area contributed by atoms with Crippen molar-refractivity contribution in [3.05, 3.63) is 22.1 Å². The summed E-state index contributed by atoms with van der Waals surface area (Å²) in [5.41, 5.74) is 5.53. The number of halogens is 1. The molecule has 0 fully saturated rings. The SMILES string of the molecule is Nc1ncc(-c2sccc2Br)s1. The maximum Gasteiger partial charge on any atom is 0.180 e. The number of thiazole rings is 1. The quantitative estimate of drug-likeness (QED) is 0.856. The molecule has 2 aromatic rings. The molecule has 0 aliphatic heterocycles. The molecule has 0 radical (unpaired) electrons. The third kappa shape index (κ3) is 1.39. The van der Waals surface area contributed by atoms with Crippen LogP contribution in [0.5, 0.6) is 0 Å². The normalized spacial score (nSPS) is 10.4. The van der Waals surface area contributed by atoms with Gasteiger partial charge in [0.1, 0.15) is 0 Å². The Balaban J connectivity index is 2.50. The van der Waals surface area contributed by atoms with Gasteiger partial charge in [-0.05, 0) is 27.4 Å². The molecule has 2 heterocycles. The second-order valence-electron chi connectivity index (χ2n) is 2.16. The topological polar surface area (TPSA) is 38.9 Å². The van der Waals surface area contributed by atoms with Crippen LogP contribution < -0.4 is 5.73 Å². The maximum absolute atomic E-state index is 5.53. The molecule has 0 saturated heterocycles. The van der Waals surface area contributed by atoms with E-state index < -0.39 is 0 Å². The number of rotatable bonds is 1. The average Bonchev–Trinajstić information content (AvgIpc) is 2.58. The van der Waals surface area contributed by atoms with E-state index >= 15 is 0 Å². The van der Waals surface area contributed by atoms with Gasteiger partial charge in [0.2, 0.25) is 0 Å². The molecule has 2 N–H and O–H groups in total. The zero-order valence-corrected chi connectivity index (χ0v) is 9.17. The summed E-state index contributed by atoms with van der Waals surface area (Å²) in [7, 11) is 0. The number of nitrogen functional groups attached to an aromatic ring is 1. The molecule has 0 spiro atoms. The number of anilines is 1. The van der Waals surface area contributed by atoms with Gasteiger partial charge in [-0.15, -0.1) is 11.3 Å². The molecule has 0 saturated carbocycles. The Hall–Kier alpha value is -0.390. The van der Waals surface area contributed by atoms with Crippen molar-refractivity contribution in [3.63, 3.8) is 0 Å². The van der Waals surface area contributed by atoms with E-state index in [0.717, 1.165) is 9.35 Å². The predicted molar refractivity (Wildman–Crippen MR) is 57.5 cm³/mol. The van der Waals surface area contributed by atoms with Gasteiger partial charge in [-0.2, -0.15) is 0 Å². The van der Waals surface area contributed by atoms with Crippen LogP contribution in [0.3, 0.4) is 0 Å². The van der Waals surface area contributed by atoms with E-state index in [4.69, 9.17) is 5.73 Å². The Morgan fingerprint density at radius 2 is 2.33 bits per heavy atom. The Labute approximate surface area is 86.2 Å². The van der Waals surface area contributed by atoms with Crippen molar-refractivity contribution >= 4 is 43.7 Å². The highest BCUT2D eigenvalue weighted by Gasteiger charge is 2.06. The summed E-state index contributed by atoms with van der Waals surface area (Å²) in [5.74, 6) is 0. The molecule has 0 aromatic carbocycles. The molecule has 0 aliphatic carbocycles. The van der Waals surface area contributed by atoms with Crippen LogP contribution >= 0.6 is 38.6 Å². The van der Waals surface area contributed by atoms with Crippen molar-refractivity contribution in [1.82, 2.24) is 4.98 Å². The first-order chi connectivity index (χ1) is 5.77. The highest BCUT2D eigenvalue weighted by molar-refractivity contribution is 9.10. The maximum atomic E-state index is 5.53. The van der Waals surface area contributed by atoms with E-state index in [2.05, 4.69) is 20.9 Å². The fourth-order valence-electron chi connectivity index (χ4n) is 0.862. The lowest BCUT2D eigenvalue weighted by atomic mass is 10.4. The highest BCUT2D eigenvalue weighted by atomic mass is 79.9. The van der Waals surface area contributed by atoms with Crippen molar-refractivity contribution < 1.29 is 0 Å². The third-order valence-electron chi connectivity index (χ3n) is 1.36. The molecule has 5 heteroatoms. The molecule has 2 aromatic heterocycles. The fraction of sp³-hybridized carbons (Fsp3) is 0. The van der Waals surface area contributed by atoms with E-state index in [1.165, 1.54) is 16.2 Å². The predicted octanol–water partition coefficient (Wildman–Crippen LogP) is 3.22. The van der Waals surface area contributed by atoms with Gasteiger partial charge in [-0.3, -0.25) is 0 Å². The van der Waals surface area contributed by atoms with Crippen molar-refractivity contribution in [1.29, 1.82) is 0 Å². The Bertz CT molecular complexity index is 394. The Kier molecular flexibility index (Phi) is 2.16. The largest absolute Gasteiger partial charge is 0.375 e. The van der Waals surface area contributed by atoms with Gasteiger partial charge in [0.15, 0.2) is 5.13 Å². The number of hydrogen-bond donors (Lipinski definition) is 1. The minimum atomic E-state index is 0.616. The number of aromatic nitrogens is 1. The van der Waals surface area contributed by atoms with Gasteiger partial charge in [0, 0.05) is 10.7 Å². The molecule has 0 unspecified atom stereocenters. The summed E-state index contributed by atoms with van der Waals surface area (Å²) in [6, 6.07) is 2.02. The second-order valence-corrected chi connectivity index (χ2v) is 4.99. The number of thiophene rings is 1. The number of hydrogen-bond acceptors (Lipinski definition) is 4. The van der Waals surface area contributed by atoms with E-state index in [1.807, 2.05) is 11.4 Å². The third-order valence-corrected chi connectivity index (χ3v) is 4.21. The van der Waals surface area contributed by atoms with Gasteiger partial charge in [0.25, 0.3) is 0 Å². The Morgan fingerprint density at radius 1 is 1.50 bits per heavy atom. The summed E-state index contributed by atoms with van der Waals surface area (Å²) in [6.45, 7) is 0. The summed E-state index contributed by atoms with van der Waals surface area (Å²) in [5, 5.41) is 2.65. The van der Waals surface area contributed by atoms with Gasteiger partial charge >= 0.3 is 0 Å². The molecule has 0 bridgehead atoms. The summed E-state index contributed by atoms with van der Waals surface area (Å²) >= 11 is 6.65. The molecule has 0 amide bonds. The lowest BCUT2D eigenvalue weighted by Crippen LogP contribution is -1.77. The molecular formula is C7H5BrN2S2. The smallest absolute Gasteiger partial charge is 0.180 e. The minimum absolute atomic E-state index is 0.616. The van der Waals surface area contributed by atoms with Crippen molar-refractivity contribution in [2.75, 3.05) is 5.73 Å². The standard InChI is InChI=1S/C7H5BrN2S2/c8-4-1-2-11-6(4)5-3-10-7(9)12-5/h1-3H,(H2,9,10). The van der Waals surface area contributed by atoms with Crippen LogP contribution in [0, 0.1) is 0 Å². The molecule has 0 atom stereocenters. The van der Waals surface area contributed by atoms with Gasteiger partial charge in [0.05, 0.1) is 9.75 Å². The van der Waals surface area contributed by atoms with Crippen LogP contribution in [0.2, 0.25) is 0 Å². The first kappa shape index (κ1) is 8.22. The Morgan fingerprint density at radius 3 is 2.83 bits per heavy atom. The molecule has 62 valence electrons. The molecule has 2 nitrogen and oxygen atoms in total. The van der Waals surface area contributed by atoms with E-state index in [-0.39, 0.29) is 0 Å². The van der Waals surface area contributed by atoms with Crippen LogP contribution in [0.25, 0.3) is 9.75 Å².